The second kappa shape index (κ2) is 6.77. The number of rotatable bonds is 5. The van der Waals surface area contributed by atoms with E-state index in [4.69, 9.17) is 11.6 Å². The molecule has 0 radical (unpaired) electrons. The minimum atomic E-state index is -3.45. The first-order valence-electron chi connectivity index (χ1n) is 6.79. The highest BCUT2D eigenvalue weighted by molar-refractivity contribution is 9.09. The highest BCUT2D eigenvalue weighted by atomic mass is 79.9. The highest BCUT2D eigenvalue weighted by Gasteiger charge is 2.32. The van der Waals surface area contributed by atoms with E-state index in [2.05, 4.69) is 20.7 Å². The summed E-state index contributed by atoms with van der Waals surface area (Å²) in [5.41, 5.74) is 0.0533. The quantitative estimate of drug-likeness (QED) is 0.786. The Kier molecular flexibility index (Phi) is 5.51. The fourth-order valence-electron chi connectivity index (χ4n) is 2.60. The maximum absolute atomic E-state index is 12.3. The average Bonchev–Trinajstić information content (AvgIpc) is 2.47. The van der Waals surface area contributed by atoms with Crippen LogP contribution in [0.15, 0.2) is 29.2 Å². The second-order valence-electron chi connectivity index (χ2n) is 5.47. The highest BCUT2D eigenvalue weighted by Crippen LogP contribution is 2.37. The van der Waals surface area contributed by atoms with Gasteiger partial charge in [-0.1, -0.05) is 46.8 Å². The molecule has 1 aromatic carbocycles. The lowest BCUT2D eigenvalue weighted by atomic mass is 9.76. The molecule has 0 saturated heterocycles. The molecule has 0 heterocycles. The Labute approximate surface area is 134 Å². The molecule has 6 heteroatoms. The van der Waals surface area contributed by atoms with Gasteiger partial charge in [0.05, 0.1) is 4.90 Å². The Morgan fingerprint density at radius 1 is 1.15 bits per heavy atom. The van der Waals surface area contributed by atoms with Gasteiger partial charge in [0.2, 0.25) is 10.0 Å². The molecule has 2 rings (SSSR count). The number of alkyl halides is 1. The van der Waals surface area contributed by atoms with Crippen LogP contribution in [0.5, 0.6) is 0 Å². The van der Waals surface area contributed by atoms with Gasteiger partial charge in [0.1, 0.15) is 0 Å². The summed E-state index contributed by atoms with van der Waals surface area (Å²) in [6, 6.07) is 6.26. The maximum Gasteiger partial charge on any atom is 0.240 e. The third-order valence-electron chi connectivity index (χ3n) is 3.96. The van der Waals surface area contributed by atoms with Crippen molar-refractivity contribution in [1.29, 1.82) is 0 Å². The molecule has 1 saturated carbocycles. The van der Waals surface area contributed by atoms with E-state index in [0.717, 1.165) is 18.2 Å². The van der Waals surface area contributed by atoms with E-state index in [-0.39, 0.29) is 10.3 Å². The van der Waals surface area contributed by atoms with Crippen LogP contribution in [0.1, 0.15) is 32.1 Å². The Balaban J connectivity index is 2.06. The molecular formula is C14H19BrClNO2S. The SMILES string of the molecule is O=S(=O)(NCC1(CBr)CCCCC1)c1ccc(Cl)cc1. The normalized spacial score (nSPS) is 18.9. The molecule has 1 aliphatic carbocycles. The minimum absolute atomic E-state index is 0.0533. The fraction of sp³-hybridized carbons (Fsp3) is 0.571. The fourth-order valence-corrected chi connectivity index (χ4v) is 4.65. The Hall–Kier alpha value is -0.100. The van der Waals surface area contributed by atoms with Crippen molar-refractivity contribution in [3.8, 4) is 0 Å². The number of hydrogen-bond acceptors (Lipinski definition) is 2. The second-order valence-corrected chi connectivity index (χ2v) is 8.24. The number of hydrogen-bond donors (Lipinski definition) is 1. The van der Waals surface area contributed by atoms with Crippen molar-refractivity contribution in [1.82, 2.24) is 4.72 Å². The van der Waals surface area contributed by atoms with Crippen molar-refractivity contribution in [3.63, 3.8) is 0 Å². The molecule has 1 fully saturated rings. The van der Waals surface area contributed by atoms with Crippen molar-refractivity contribution in [2.24, 2.45) is 5.41 Å². The predicted octanol–water partition coefficient (Wildman–Crippen LogP) is 3.96. The number of nitrogens with one attached hydrogen (secondary N) is 1. The third kappa shape index (κ3) is 3.97. The first-order chi connectivity index (χ1) is 9.47. The summed E-state index contributed by atoms with van der Waals surface area (Å²) in [5.74, 6) is 0. The summed E-state index contributed by atoms with van der Waals surface area (Å²) >= 11 is 9.33. The molecule has 1 aromatic rings. The Bertz CT molecular complexity index is 539. The standard InChI is InChI=1S/C14H19BrClNO2S/c15-10-14(8-2-1-3-9-14)11-17-20(18,19)13-6-4-12(16)5-7-13/h4-7,17H,1-3,8-11H2. The summed E-state index contributed by atoms with van der Waals surface area (Å²) in [4.78, 5) is 0.266. The van der Waals surface area contributed by atoms with E-state index in [1.54, 1.807) is 12.1 Å². The van der Waals surface area contributed by atoms with Gasteiger partial charge in [-0.25, -0.2) is 13.1 Å². The number of benzene rings is 1. The van der Waals surface area contributed by atoms with E-state index in [9.17, 15) is 8.42 Å². The summed E-state index contributed by atoms with van der Waals surface area (Å²) in [5, 5.41) is 1.37. The van der Waals surface area contributed by atoms with Crippen molar-refractivity contribution in [2.75, 3.05) is 11.9 Å². The van der Waals surface area contributed by atoms with Gasteiger partial charge in [-0.15, -0.1) is 0 Å². The molecular weight excluding hydrogens is 362 g/mol. The lowest BCUT2D eigenvalue weighted by Crippen LogP contribution is -2.40. The first-order valence-corrected chi connectivity index (χ1v) is 9.77. The van der Waals surface area contributed by atoms with Gasteiger partial charge < -0.3 is 0 Å². The van der Waals surface area contributed by atoms with E-state index in [1.807, 2.05) is 0 Å². The molecule has 1 N–H and O–H groups in total. The lowest BCUT2D eigenvalue weighted by Gasteiger charge is -2.35. The maximum atomic E-state index is 12.3. The molecule has 0 aromatic heterocycles. The van der Waals surface area contributed by atoms with Crippen LogP contribution >= 0.6 is 27.5 Å². The van der Waals surface area contributed by atoms with Crippen LogP contribution in [0, 0.1) is 5.41 Å². The molecule has 0 bridgehead atoms. The molecule has 0 atom stereocenters. The van der Waals surface area contributed by atoms with E-state index >= 15 is 0 Å². The zero-order valence-corrected chi connectivity index (χ0v) is 14.4. The molecule has 0 amide bonds. The van der Waals surface area contributed by atoms with Gasteiger partial charge >= 0.3 is 0 Å². The predicted molar refractivity (Wildman–Crippen MR) is 86.0 cm³/mol. The van der Waals surface area contributed by atoms with Gasteiger partial charge in [0, 0.05) is 16.9 Å². The van der Waals surface area contributed by atoms with Gasteiger partial charge in [0.25, 0.3) is 0 Å². The Morgan fingerprint density at radius 3 is 2.30 bits per heavy atom. The number of halogens is 2. The van der Waals surface area contributed by atoms with Crippen LogP contribution in [-0.2, 0) is 10.0 Å². The van der Waals surface area contributed by atoms with Crippen molar-refractivity contribution >= 4 is 37.6 Å². The third-order valence-corrected chi connectivity index (χ3v) is 6.82. The van der Waals surface area contributed by atoms with Gasteiger partial charge in [0.15, 0.2) is 0 Å². The first kappa shape index (κ1) is 16.3. The van der Waals surface area contributed by atoms with Crippen LogP contribution in [-0.4, -0.2) is 20.3 Å². The molecule has 1 aliphatic rings. The lowest BCUT2D eigenvalue weighted by molar-refractivity contribution is 0.227. The van der Waals surface area contributed by atoms with Crippen LogP contribution < -0.4 is 4.72 Å². The summed E-state index contributed by atoms with van der Waals surface area (Å²) < 4.78 is 27.3. The molecule has 0 spiro atoms. The van der Waals surface area contributed by atoms with Gasteiger partial charge in [-0.2, -0.15) is 0 Å². The molecule has 112 valence electrons. The van der Waals surface area contributed by atoms with Crippen molar-refractivity contribution in [3.05, 3.63) is 29.3 Å². The molecule has 0 aliphatic heterocycles. The zero-order chi connectivity index (χ0) is 14.6. The van der Waals surface area contributed by atoms with E-state index in [1.165, 1.54) is 31.4 Å². The topological polar surface area (TPSA) is 46.2 Å². The smallest absolute Gasteiger partial charge is 0.211 e. The van der Waals surface area contributed by atoms with Crippen LogP contribution in [0.4, 0.5) is 0 Å². The van der Waals surface area contributed by atoms with E-state index in [0.29, 0.717) is 11.6 Å². The van der Waals surface area contributed by atoms with Crippen molar-refractivity contribution in [2.45, 2.75) is 37.0 Å². The van der Waals surface area contributed by atoms with Gasteiger partial charge in [-0.3, -0.25) is 0 Å². The van der Waals surface area contributed by atoms with Crippen molar-refractivity contribution < 1.29 is 8.42 Å². The monoisotopic (exact) mass is 379 g/mol. The van der Waals surface area contributed by atoms with Crippen LogP contribution in [0.2, 0.25) is 5.02 Å². The molecule has 20 heavy (non-hydrogen) atoms. The largest absolute Gasteiger partial charge is 0.240 e. The summed E-state index contributed by atoms with van der Waals surface area (Å²) in [7, 11) is -3.45. The molecule has 3 nitrogen and oxygen atoms in total. The van der Waals surface area contributed by atoms with Crippen LogP contribution in [0.3, 0.4) is 0 Å². The zero-order valence-electron chi connectivity index (χ0n) is 11.2. The Morgan fingerprint density at radius 2 is 1.75 bits per heavy atom. The average molecular weight is 381 g/mol. The van der Waals surface area contributed by atoms with E-state index < -0.39 is 10.0 Å². The molecule has 0 unspecified atom stereocenters. The van der Waals surface area contributed by atoms with Crippen LogP contribution in [0.25, 0.3) is 0 Å². The summed E-state index contributed by atoms with van der Waals surface area (Å²) in [6.45, 7) is 0.489. The number of sulfonamides is 1. The van der Waals surface area contributed by atoms with Gasteiger partial charge in [-0.05, 0) is 42.5 Å². The minimum Gasteiger partial charge on any atom is -0.211 e. The summed E-state index contributed by atoms with van der Waals surface area (Å²) in [6.07, 6.45) is 5.74.